The molecule has 1 saturated heterocycles. The minimum Gasteiger partial charge on any atom is -0.338 e. The molecule has 0 unspecified atom stereocenters. The Hall–Kier alpha value is -4.42. The highest BCUT2D eigenvalue weighted by atomic mass is 35.5. The molecule has 2 aromatic heterocycles. The Bertz CT molecular complexity index is 1530. The molecule has 3 N–H and O–H groups in total. The van der Waals surface area contributed by atoms with Crippen LogP contribution in [-0.2, 0) is 24.6 Å². The van der Waals surface area contributed by atoms with Crippen LogP contribution in [0.2, 0.25) is 5.02 Å². The van der Waals surface area contributed by atoms with E-state index < -0.39 is 30.4 Å². The molecule has 0 bridgehead atoms. The molecule has 1 aliphatic heterocycles. The van der Waals surface area contributed by atoms with Gasteiger partial charge in [0.2, 0.25) is 5.91 Å². The zero-order chi connectivity index (χ0) is 30.1. The first-order valence-corrected chi connectivity index (χ1v) is 12.7. The highest BCUT2D eigenvalue weighted by Crippen LogP contribution is 2.36. The quantitative estimate of drug-likeness (QED) is 0.446. The fraction of sp³-hybridized carbons (Fsp3) is 0.360. The number of hydrogen-bond donors (Lipinski definition) is 2. The van der Waals surface area contributed by atoms with Crippen molar-refractivity contribution in [3.05, 3.63) is 52.7 Å². The summed E-state index contributed by atoms with van der Waals surface area (Å²) in [6.07, 6.45) is -2.63. The molecule has 3 heterocycles. The van der Waals surface area contributed by atoms with Crippen molar-refractivity contribution in [3.8, 4) is 17.3 Å². The summed E-state index contributed by atoms with van der Waals surface area (Å²) in [6, 6.07) is 5.39. The second kappa shape index (κ2) is 11.6. The van der Waals surface area contributed by atoms with Gasteiger partial charge in [-0.1, -0.05) is 11.6 Å². The van der Waals surface area contributed by atoms with Crippen molar-refractivity contribution in [1.29, 1.82) is 5.26 Å². The number of halogens is 4. The third-order valence-electron chi connectivity index (χ3n) is 6.46. The first kappa shape index (κ1) is 29.6. The molecule has 4 rings (SSSR count). The van der Waals surface area contributed by atoms with Crippen molar-refractivity contribution in [1.82, 2.24) is 29.1 Å². The number of nitrogens with zero attached hydrogens (tertiary/aromatic N) is 7. The van der Waals surface area contributed by atoms with E-state index in [1.165, 1.54) is 29.8 Å². The maximum atomic E-state index is 13.6. The number of nitrogens with one attached hydrogen (secondary N) is 1. The minimum absolute atomic E-state index is 0.0339. The lowest BCUT2D eigenvalue weighted by molar-refractivity contribution is -0.141. The molecule has 3 aromatic rings. The normalized spacial score (nSPS) is 14.5. The van der Waals surface area contributed by atoms with Crippen LogP contribution < -0.4 is 11.1 Å². The van der Waals surface area contributed by atoms with Crippen LogP contribution in [0.1, 0.15) is 33.6 Å². The maximum Gasteiger partial charge on any atom is 0.435 e. The number of alkyl halides is 3. The predicted molar refractivity (Wildman–Crippen MR) is 141 cm³/mol. The van der Waals surface area contributed by atoms with Gasteiger partial charge in [0.25, 0.3) is 11.8 Å². The SMILES string of the molecule is C[C@H](N)C(=O)N1CCN(C(=O)c2ccc(NC(=O)c3ncc(-c4cn(CC#N)nc4C(F)(F)F)n3C)cc2Cl)CC1. The summed E-state index contributed by atoms with van der Waals surface area (Å²) in [5, 5.41) is 14.9. The van der Waals surface area contributed by atoms with Gasteiger partial charge in [-0.05, 0) is 25.1 Å². The van der Waals surface area contributed by atoms with Gasteiger partial charge in [0.15, 0.2) is 11.5 Å². The number of rotatable bonds is 6. The molecule has 1 aliphatic rings. The number of carbonyl (C=O) groups excluding carboxylic acids is 3. The first-order chi connectivity index (χ1) is 19.3. The zero-order valence-electron chi connectivity index (χ0n) is 21.9. The fourth-order valence-electron chi connectivity index (χ4n) is 4.38. The van der Waals surface area contributed by atoms with Crippen LogP contribution >= 0.6 is 11.6 Å². The number of hydrogen-bond acceptors (Lipinski definition) is 7. The van der Waals surface area contributed by atoms with Crippen LogP contribution in [0.15, 0.2) is 30.6 Å². The van der Waals surface area contributed by atoms with Crippen molar-refractivity contribution in [2.24, 2.45) is 12.8 Å². The largest absolute Gasteiger partial charge is 0.435 e. The van der Waals surface area contributed by atoms with Crippen molar-refractivity contribution in [2.75, 3.05) is 31.5 Å². The van der Waals surface area contributed by atoms with Crippen LogP contribution in [0.5, 0.6) is 0 Å². The predicted octanol–water partition coefficient (Wildman–Crippen LogP) is 2.36. The number of amides is 3. The number of aromatic nitrogens is 4. The molecular weight excluding hydrogens is 567 g/mol. The average Bonchev–Trinajstić information content (AvgIpc) is 3.51. The Balaban J connectivity index is 1.48. The standard InChI is InChI=1S/C25H25ClF3N9O3/c1-14(31)23(40)36-7-9-37(10-8-36)24(41)16-4-3-15(11-18(16)26)33-22(39)21-32-12-19(35(21)2)17-13-38(6-5-30)34-20(17)25(27,28)29/h3-4,11-14H,6-10,31H2,1-2H3,(H,33,39)/t14-/m0/s1. The molecule has 1 fully saturated rings. The van der Waals surface area contributed by atoms with Gasteiger partial charge in [0.05, 0.1) is 40.2 Å². The molecule has 12 nitrogen and oxygen atoms in total. The molecule has 3 amide bonds. The summed E-state index contributed by atoms with van der Waals surface area (Å²) in [7, 11) is 1.37. The van der Waals surface area contributed by atoms with Crippen molar-refractivity contribution in [3.63, 3.8) is 0 Å². The number of anilines is 1. The summed E-state index contributed by atoms with van der Waals surface area (Å²) < 4.78 is 42.7. The summed E-state index contributed by atoms with van der Waals surface area (Å²) in [5.41, 5.74) is 4.49. The van der Waals surface area contributed by atoms with Gasteiger partial charge in [-0.25, -0.2) is 4.98 Å². The third kappa shape index (κ3) is 6.18. The summed E-state index contributed by atoms with van der Waals surface area (Å²) in [6.45, 7) is 2.50. The molecule has 0 aliphatic carbocycles. The molecule has 0 spiro atoms. The van der Waals surface area contributed by atoms with Gasteiger partial charge in [0.1, 0.15) is 6.54 Å². The highest BCUT2D eigenvalue weighted by molar-refractivity contribution is 6.34. The van der Waals surface area contributed by atoms with Gasteiger partial charge in [-0.15, -0.1) is 0 Å². The first-order valence-electron chi connectivity index (χ1n) is 12.3. The Labute approximate surface area is 237 Å². The molecule has 41 heavy (non-hydrogen) atoms. The van der Waals surface area contributed by atoms with Crippen LogP contribution in [0.25, 0.3) is 11.3 Å². The lowest BCUT2D eigenvalue weighted by atomic mass is 10.1. The lowest BCUT2D eigenvalue weighted by Crippen LogP contribution is -2.53. The van der Waals surface area contributed by atoms with Gasteiger partial charge in [-0.3, -0.25) is 19.1 Å². The molecule has 1 aromatic carbocycles. The average molecular weight is 592 g/mol. The number of benzene rings is 1. The summed E-state index contributed by atoms with van der Waals surface area (Å²) in [4.78, 5) is 45.2. The van der Waals surface area contributed by atoms with E-state index in [0.29, 0.717) is 26.2 Å². The highest BCUT2D eigenvalue weighted by Gasteiger charge is 2.38. The Morgan fingerprint density at radius 2 is 1.85 bits per heavy atom. The molecule has 0 radical (unpaired) electrons. The van der Waals surface area contributed by atoms with Crippen molar-refractivity contribution in [2.45, 2.75) is 25.7 Å². The molecular formula is C25H25ClF3N9O3. The van der Waals surface area contributed by atoms with E-state index in [9.17, 15) is 27.6 Å². The summed E-state index contributed by atoms with van der Waals surface area (Å²) in [5.74, 6) is -1.46. The van der Waals surface area contributed by atoms with E-state index in [-0.39, 0.29) is 45.2 Å². The molecule has 1 atom stereocenters. The lowest BCUT2D eigenvalue weighted by Gasteiger charge is -2.35. The zero-order valence-corrected chi connectivity index (χ0v) is 22.7. The van der Waals surface area contributed by atoms with Crippen LogP contribution in [-0.4, -0.2) is 79.1 Å². The number of nitrogens with two attached hydrogens (primary N) is 1. The van der Waals surface area contributed by atoms with Gasteiger partial charge in [-0.2, -0.15) is 23.5 Å². The monoisotopic (exact) mass is 591 g/mol. The van der Waals surface area contributed by atoms with Gasteiger partial charge in [0, 0.05) is 45.1 Å². The van der Waals surface area contributed by atoms with E-state index in [0.717, 1.165) is 17.1 Å². The second-order valence-electron chi connectivity index (χ2n) is 9.33. The fourth-order valence-corrected chi connectivity index (χ4v) is 4.65. The Morgan fingerprint density at radius 1 is 1.20 bits per heavy atom. The topological polar surface area (TPSA) is 155 Å². The van der Waals surface area contributed by atoms with E-state index in [1.54, 1.807) is 22.8 Å². The van der Waals surface area contributed by atoms with E-state index in [2.05, 4.69) is 15.4 Å². The van der Waals surface area contributed by atoms with Gasteiger partial charge < -0.3 is 25.4 Å². The number of imidazole rings is 1. The molecule has 216 valence electrons. The van der Waals surface area contributed by atoms with Crippen molar-refractivity contribution < 1.29 is 27.6 Å². The maximum absolute atomic E-state index is 13.6. The minimum atomic E-state index is -4.80. The number of piperazine rings is 1. The second-order valence-corrected chi connectivity index (χ2v) is 9.73. The number of nitriles is 1. The number of carbonyl (C=O) groups is 3. The molecule has 16 heteroatoms. The molecule has 0 saturated carbocycles. The van der Waals surface area contributed by atoms with Crippen LogP contribution in [0, 0.1) is 11.3 Å². The van der Waals surface area contributed by atoms with E-state index in [1.807, 2.05) is 0 Å². The van der Waals surface area contributed by atoms with Crippen LogP contribution in [0.3, 0.4) is 0 Å². The van der Waals surface area contributed by atoms with E-state index in [4.69, 9.17) is 22.6 Å². The van der Waals surface area contributed by atoms with Crippen molar-refractivity contribution >= 4 is 35.0 Å². The smallest absolute Gasteiger partial charge is 0.338 e. The summed E-state index contributed by atoms with van der Waals surface area (Å²) >= 11 is 6.36. The van der Waals surface area contributed by atoms with E-state index >= 15 is 0 Å². The Morgan fingerprint density at radius 3 is 2.44 bits per heavy atom. The van der Waals surface area contributed by atoms with Crippen LogP contribution in [0.4, 0.5) is 18.9 Å². The third-order valence-corrected chi connectivity index (χ3v) is 6.77. The Kier molecular flexibility index (Phi) is 8.36. The van der Waals surface area contributed by atoms with Gasteiger partial charge >= 0.3 is 6.18 Å².